The maximum atomic E-state index is 12.5. The van der Waals surface area contributed by atoms with E-state index in [-0.39, 0.29) is 23.6 Å². The van der Waals surface area contributed by atoms with Crippen molar-refractivity contribution < 1.29 is 19.8 Å². The second-order valence-electron chi connectivity index (χ2n) is 8.90. The lowest BCUT2D eigenvalue weighted by Gasteiger charge is -2.46. The Morgan fingerprint density at radius 1 is 1.32 bits per heavy atom. The number of amides is 1. The molecular formula is C20H31N3O4S. The molecule has 4 heterocycles. The highest BCUT2D eigenvalue weighted by Crippen LogP contribution is 2.52. The third-order valence-electron chi connectivity index (χ3n) is 7.06. The van der Waals surface area contributed by atoms with Gasteiger partial charge in [0, 0.05) is 28.7 Å². The number of thioether (sulfide) groups is 1. The molecule has 3 fully saturated rings. The molecule has 0 aromatic heterocycles. The van der Waals surface area contributed by atoms with E-state index < -0.39 is 18.0 Å². The molecule has 2 unspecified atom stereocenters. The number of carboxylic acids is 1. The number of aliphatic hydroxyl groups excluding tert-OH is 1. The van der Waals surface area contributed by atoms with Crippen LogP contribution in [0.15, 0.2) is 10.6 Å². The molecule has 0 aromatic rings. The summed E-state index contributed by atoms with van der Waals surface area (Å²) >= 11 is 1.64. The van der Waals surface area contributed by atoms with Crippen molar-refractivity contribution in [3.05, 3.63) is 10.6 Å². The number of piperidine rings is 1. The first-order valence-electron chi connectivity index (χ1n) is 10.4. The molecule has 3 saturated heterocycles. The molecular weight excluding hydrogens is 378 g/mol. The van der Waals surface area contributed by atoms with Crippen molar-refractivity contribution in [1.82, 2.24) is 15.1 Å². The van der Waals surface area contributed by atoms with E-state index in [4.69, 9.17) is 0 Å². The number of hydrogen-bond acceptors (Lipinski definition) is 6. The van der Waals surface area contributed by atoms with Gasteiger partial charge in [0.05, 0.1) is 18.1 Å². The molecule has 4 rings (SSSR count). The van der Waals surface area contributed by atoms with Crippen LogP contribution in [0.25, 0.3) is 0 Å². The van der Waals surface area contributed by atoms with Gasteiger partial charge in [-0.3, -0.25) is 4.79 Å². The fourth-order valence-corrected chi connectivity index (χ4v) is 6.96. The van der Waals surface area contributed by atoms with Crippen LogP contribution in [-0.4, -0.2) is 82.0 Å². The minimum atomic E-state index is -1.04. The van der Waals surface area contributed by atoms with Gasteiger partial charge < -0.3 is 25.3 Å². The Bertz CT molecular complexity index is 689. The molecule has 3 N–H and O–H groups in total. The molecule has 8 heteroatoms. The number of nitrogens with one attached hydrogen (secondary N) is 1. The number of β-lactam (4-membered cyclic amide) rings is 1. The summed E-state index contributed by atoms with van der Waals surface area (Å²) < 4.78 is 0. The third kappa shape index (κ3) is 3.28. The molecule has 4 aliphatic heterocycles. The van der Waals surface area contributed by atoms with E-state index in [1.807, 2.05) is 6.92 Å². The smallest absolute Gasteiger partial charge is 0.353 e. The van der Waals surface area contributed by atoms with Gasteiger partial charge in [0.1, 0.15) is 5.70 Å². The Balaban J connectivity index is 1.45. The lowest BCUT2D eigenvalue weighted by molar-refractivity contribution is -0.163. The number of rotatable bonds is 5. The van der Waals surface area contributed by atoms with Crippen molar-refractivity contribution in [3.63, 3.8) is 0 Å². The van der Waals surface area contributed by atoms with Gasteiger partial charge in [0.15, 0.2) is 0 Å². The Kier molecular flexibility index (Phi) is 5.50. The number of carbonyl (C=O) groups is 2. The van der Waals surface area contributed by atoms with E-state index in [1.54, 1.807) is 18.7 Å². The zero-order valence-electron chi connectivity index (χ0n) is 16.8. The topological polar surface area (TPSA) is 93.1 Å². The van der Waals surface area contributed by atoms with E-state index >= 15 is 0 Å². The molecule has 4 aliphatic rings. The standard InChI is InChI=1S/C20H31N3O4S/c1-10-16-15(11(2)24)19(25)23(16)17(20(26)27)18(10)28-13-8-14(21-9-13)12-4-6-22(3)7-5-12/h10-16,21,24H,4-9H2,1-3H3,(H,26,27)/t10-,11-,13+,14+,15?,16?/m1/s1. The van der Waals surface area contributed by atoms with Crippen LogP contribution in [0, 0.1) is 17.8 Å². The number of carbonyl (C=O) groups excluding carboxylic acids is 1. The first-order valence-corrected chi connectivity index (χ1v) is 11.2. The van der Waals surface area contributed by atoms with Crippen molar-refractivity contribution in [2.75, 3.05) is 26.7 Å². The molecule has 1 amide bonds. The van der Waals surface area contributed by atoms with Crippen LogP contribution < -0.4 is 5.32 Å². The predicted octanol–water partition coefficient (Wildman–Crippen LogP) is 0.946. The monoisotopic (exact) mass is 409 g/mol. The number of likely N-dealkylation sites (tertiary alicyclic amines) is 1. The molecule has 7 nitrogen and oxygen atoms in total. The van der Waals surface area contributed by atoms with Crippen LogP contribution in [0.2, 0.25) is 0 Å². The van der Waals surface area contributed by atoms with Crippen molar-refractivity contribution >= 4 is 23.6 Å². The molecule has 0 radical (unpaired) electrons. The highest BCUT2D eigenvalue weighted by Gasteiger charge is 2.60. The van der Waals surface area contributed by atoms with Gasteiger partial charge in [0.2, 0.25) is 5.91 Å². The van der Waals surface area contributed by atoms with Gasteiger partial charge in [-0.2, -0.15) is 0 Å². The summed E-state index contributed by atoms with van der Waals surface area (Å²) in [5, 5.41) is 23.7. The van der Waals surface area contributed by atoms with Crippen LogP contribution in [0.5, 0.6) is 0 Å². The van der Waals surface area contributed by atoms with E-state index in [9.17, 15) is 19.8 Å². The normalized spacial score (nSPS) is 37.9. The SMILES string of the molecule is C[C@@H](O)C1C(=O)N2C(C(=O)O)=C(S[C@@H]3CN[C@H](C4CCN(C)CC4)C3)[C@H](C)C12. The van der Waals surface area contributed by atoms with E-state index in [0.717, 1.165) is 31.0 Å². The number of aliphatic carboxylic acids is 1. The summed E-state index contributed by atoms with van der Waals surface area (Å²) in [6.07, 6.45) is 2.72. The first kappa shape index (κ1) is 20.2. The van der Waals surface area contributed by atoms with Gasteiger partial charge in [-0.1, -0.05) is 6.92 Å². The van der Waals surface area contributed by atoms with Crippen LogP contribution in [0.3, 0.4) is 0 Å². The van der Waals surface area contributed by atoms with Gasteiger partial charge in [-0.25, -0.2) is 4.79 Å². The van der Waals surface area contributed by atoms with Gasteiger partial charge in [-0.05, 0) is 52.2 Å². The highest BCUT2D eigenvalue weighted by molar-refractivity contribution is 8.03. The van der Waals surface area contributed by atoms with Crippen LogP contribution >= 0.6 is 11.8 Å². The molecule has 0 saturated carbocycles. The Morgan fingerprint density at radius 2 is 2.00 bits per heavy atom. The summed E-state index contributed by atoms with van der Waals surface area (Å²) in [5.74, 6) is -1.13. The maximum absolute atomic E-state index is 12.5. The van der Waals surface area contributed by atoms with Crippen LogP contribution in [-0.2, 0) is 9.59 Å². The Labute approximate surface area is 170 Å². The van der Waals surface area contributed by atoms with E-state index in [1.165, 1.54) is 17.7 Å². The number of nitrogens with zero attached hydrogens (tertiary/aromatic N) is 2. The molecule has 6 atom stereocenters. The second-order valence-corrected chi connectivity index (χ2v) is 10.2. The van der Waals surface area contributed by atoms with Crippen LogP contribution in [0.1, 0.15) is 33.1 Å². The largest absolute Gasteiger partial charge is 0.477 e. The number of aliphatic hydroxyl groups is 1. The fourth-order valence-electron chi connectivity index (χ4n) is 5.47. The molecule has 0 aliphatic carbocycles. The molecule has 28 heavy (non-hydrogen) atoms. The summed E-state index contributed by atoms with van der Waals surface area (Å²) in [7, 11) is 2.17. The van der Waals surface area contributed by atoms with E-state index in [2.05, 4.69) is 17.3 Å². The summed E-state index contributed by atoms with van der Waals surface area (Å²) in [4.78, 5) is 29.0. The first-order chi connectivity index (χ1) is 13.3. The minimum Gasteiger partial charge on any atom is -0.477 e. The zero-order chi connectivity index (χ0) is 20.2. The second kappa shape index (κ2) is 7.63. The molecule has 156 valence electrons. The Hall–Kier alpha value is -1.09. The lowest BCUT2D eigenvalue weighted by atomic mass is 9.79. The minimum absolute atomic E-state index is 0.0456. The summed E-state index contributed by atoms with van der Waals surface area (Å²) in [6.45, 7) is 6.78. The average Bonchev–Trinajstić information content (AvgIpc) is 3.18. The van der Waals surface area contributed by atoms with Gasteiger partial charge in [-0.15, -0.1) is 11.8 Å². The van der Waals surface area contributed by atoms with Crippen molar-refractivity contribution in [1.29, 1.82) is 0 Å². The quantitative estimate of drug-likeness (QED) is 0.582. The summed E-state index contributed by atoms with van der Waals surface area (Å²) in [6, 6.07) is 0.279. The van der Waals surface area contributed by atoms with Crippen LogP contribution in [0.4, 0.5) is 0 Å². The third-order valence-corrected chi connectivity index (χ3v) is 8.57. The highest BCUT2D eigenvalue weighted by atomic mass is 32.2. The lowest BCUT2D eigenvalue weighted by Crippen LogP contribution is -2.63. The van der Waals surface area contributed by atoms with Crippen molar-refractivity contribution in [2.24, 2.45) is 17.8 Å². The molecule has 0 bridgehead atoms. The number of carboxylic acid groups (broad SMARTS) is 1. The maximum Gasteiger partial charge on any atom is 0.353 e. The number of hydrogen-bond donors (Lipinski definition) is 3. The van der Waals surface area contributed by atoms with Crippen molar-refractivity contribution in [3.8, 4) is 0 Å². The predicted molar refractivity (Wildman–Crippen MR) is 108 cm³/mol. The van der Waals surface area contributed by atoms with Crippen molar-refractivity contribution in [2.45, 2.75) is 56.5 Å². The fraction of sp³-hybridized carbons (Fsp3) is 0.800. The van der Waals surface area contributed by atoms with E-state index in [0.29, 0.717) is 17.2 Å². The molecule has 0 spiro atoms. The zero-order valence-corrected chi connectivity index (χ0v) is 17.6. The van der Waals surface area contributed by atoms with Gasteiger partial charge in [0.25, 0.3) is 0 Å². The Morgan fingerprint density at radius 3 is 2.61 bits per heavy atom. The van der Waals surface area contributed by atoms with Gasteiger partial charge >= 0.3 is 5.97 Å². The number of fused-ring (bicyclic) bond motifs is 1. The average molecular weight is 410 g/mol. The summed E-state index contributed by atoms with van der Waals surface area (Å²) in [5.41, 5.74) is 0.146. The molecule has 0 aromatic carbocycles.